The van der Waals surface area contributed by atoms with Crippen LogP contribution < -0.4 is 10.6 Å². The van der Waals surface area contributed by atoms with Crippen molar-refractivity contribution >= 4 is 11.8 Å². The van der Waals surface area contributed by atoms with Gasteiger partial charge in [-0.25, -0.2) is 8.78 Å². The quantitative estimate of drug-likeness (QED) is 0.874. The summed E-state index contributed by atoms with van der Waals surface area (Å²) in [5.74, 6) is -2.24. The van der Waals surface area contributed by atoms with Crippen LogP contribution in [-0.2, 0) is 4.79 Å². The van der Waals surface area contributed by atoms with E-state index in [4.69, 9.17) is 0 Å². The summed E-state index contributed by atoms with van der Waals surface area (Å²) in [5.41, 5.74) is 2.70. The van der Waals surface area contributed by atoms with Gasteiger partial charge in [-0.3, -0.25) is 9.59 Å². The predicted molar refractivity (Wildman–Crippen MR) is 91.2 cm³/mol. The van der Waals surface area contributed by atoms with Crippen LogP contribution in [0.1, 0.15) is 40.0 Å². The molecule has 2 aromatic carbocycles. The van der Waals surface area contributed by atoms with Gasteiger partial charge in [-0.15, -0.1) is 0 Å². The fraction of sp³-hybridized carbons (Fsp3) is 0.263. The van der Waals surface area contributed by atoms with Gasteiger partial charge in [-0.1, -0.05) is 12.1 Å². The van der Waals surface area contributed by atoms with Gasteiger partial charge in [-0.2, -0.15) is 0 Å². The minimum atomic E-state index is -0.730. The number of hydrogen-bond donors (Lipinski definition) is 2. The van der Waals surface area contributed by atoms with Crippen LogP contribution in [0, 0.1) is 25.5 Å². The van der Waals surface area contributed by atoms with E-state index in [2.05, 4.69) is 10.6 Å². The van der Waals surface area contributed by atoms with E-state index < -0.39 is 23.6 Å². The van der Waals surface area contributed by atoms with Crippen LogP contribution in [0.4, 0.5) is 8.78 Å². The maximum Gasteiger partial charge on any atom is 0.251 e. The molecule has 2 amide bonds. The van der Waals surface area contributed by atoms with Crippen molar-refractivity contribution in [3.05, 3.63) is 70.3 Å². The predicted octanol–water partition coefficient (Wildman–Crippen LogP) is 3.19. The van der Waals surface area contributed by atoms with Crippen molar-refractivity contribution < 1.29 is 18.4 Å². The molecule has 0 bridgehead atoms. The van der Waals surface area contributed by atoms with Gasteiger partial charge >= 0.3 is 0 Å². The lowest BCUT2D eigenvalue weighted by atomic mass is 10.1. The first-order chi connectivity index (χ1) is 11.8. The van der Waals surface area contributed by atoms with Gasteiger partial charge in [0.1, 0.15) is 11.6 Å². The van der Waals surface area contributed by atoms with E-state index in [1.54, 1.807) is 19.1 Å². The van der Waals surface area contributed by atoms with E-state index in [0.29, 0.717) is 5.56 Å². The van der Waals surface area contributed by atoms with Gasteiger partial charge in [0.2, 0.25) is 5.91 Å². The molecule has 4 nitrogen and oxygen atoms in total. The number of carbonyl (C=O) groups excluding carboxylic acids is 2. The SMILES string of the molecule is Cc1ccc(C(=O)NCC(=O)N[C@@H](C)c2ccc(F)cc2F)cc1C. The first-order valence-corrected chi connectivity index (χ1v) is 7.87. The average Bonchev–Trinajstić information content (AvgIpc) is 2.55. The Kier molecular flexibility index (Phi) is 5.85. The van der Waals surface area contributed by atoms with Crippen LogP contribution in [0.25, 0.3) is 0 Å². The maximum atomic E-state index is 13.7. The molecule has 0 spiro atoms. The Hall–Kier alpha value is -2.76. The van der Waals surface area contributed by atoms with Crippen LogP contribution >= 0.6 is 0 Å². The molecule has 0 radical (unpaired) electrons. The lowest BCUT2D eigenvalue weighted by Gasteiger charge is -2.15. The van der Waals surface area contributed by atoms with Crippen molar-refractivity contribution in [2.24, 2.45) is 0 Å². The van der Waals surface area contributed by atoms with Gasteiger partial charge in [0.05, 0.1) is 12.6 Å². The summed E-state index contributed by atoms with van der Waals surface area (Å²) in [5, 5.41) is 5.09. The summed E-state index contributed by atoms with van der Waals surface area (Å²) in [6, 6.07) is 7.80. The standard InChI is InChI=1S/C19H20F2N2O2/c1-11-4-5-14(8-12(11)2)19(25)22-10-18(24)23-13(3)16-7-6-15(20)9-17(16)21/h4-9,13H,10H2,1-3H3,(H,22,25)(H,23,24)/t13-/m0/s1. The Balaban J connectivity index is 1.91. The third-order valence-corrected chi connectivity index (χ3v) is 3.99. The second kappa shape index (κ2) is 7.88. The highest BCUT2D eigenvalue weighted by molar-refractivity contribution is 5.96. The van der Waals surface area contributed by atoms with E-state index >= 15 is 0 Å². The van der Waals surface area contributed by atoms with Crippen molar-refractivity contribution in [2.45, 2.75) is 26.8 Å². The molecule has 0 aliphatic carbocycles. The molecule has 0 fully saturated rings. The molecule has 6 heteroatoms. The highest BCUT2D eigenvalue weighted by atomic mass is 19.1. The molecule has 0 heterocycles. The van der Waals surface area contributed by atoms with Crippen molar-refractivity contribution in [1.82, 2.24) is 10.6 Å². The smallest absolute Gasteiger partial charge is 0.251 e. The molecule has 0 saturated heterocycles. The summed E-state index contributed by atoms with van der Waals surface area (Å²) in [7, 11) is 0. The monoisotopic (exact) mass is 346 g/mol. The molecule has 0 unspecified atom stereocenters. The number of aryl methyl sites for hydroxylation is 2. The number of hydrogen-bond acceptors (Lipinski definition) is 2. The molecule has 2 rings (SSSR count). The maximum absolute atomic E-state index is 13.7. The highest BCUT2D eigenvalue weighted by Gasteiger charge is 2.15. The Morgan fingerprint density at radius 3 is 2.40 bits per heavy atom. The van der Waals surface area contributed by atoms with Gasteiger partial charge in [-0.05, 0) is 50.1 Å². The van der Waals surface area contributed by atoms with E-state index in [0.717, 1.165) is 23.3 Å². The molecule has 2 N–H and O–H groups in total. The number of halogens is 2. The number of amides is 2. The van der Waals surface area contributed by atoms with Gasteiger partial charge < -0.3 is 10.6 Å². The van der Waals surface area contributed by atoms with Crippen molar-refractivity contribution in [2.75, 3.05) is 6.54 Å². The fourth-order valence-electron chi connectivity index (χ4n) is 2.37. The summed E-state index contributed by atoms with van der Waals surface area (Å²) in [6.45, 7) is 5.19. The first-order valence-electron chi connectivity index (χ1n) is 7.87. The summed E-state index contributed by atoms with van der Waals surface area (Å²) in [6.07, 6.45) is 0. The lowest BCUT2D eigenvalue weighted by molar-refractivity contribution is -0.120. The Labute approximate surface area is 145 Å². The second-order valence-corrected chi connectivity index (χ2v) is 5.94. The molecular weight excluding hydrogens is 326 g/mol. The zero-order valence-electron chi connectivity index (χ0n) is 14.3. The number of carbonyl (C=O) groups is 2. The normalized spacial score (nSPS) is 11.7. The van der Waals surface area contributed by atoms with Crippen LogP contribution in [-0.4, -0.2) is 18.4 Å². The summed E-state index contributed by atoms with van der Waals surface area (Å²) >= 11 is 0. The Bertz CT molecular complexity index is 806. The van der Waals surface area contributed by atoms with Crippen molar-refractivity contribution in [1.29, 1.82) is 0 Å². The minimum absolute atomic E-state index is 0.176. The minimum Gasteiger partial charge on any atom is -0.348 e. The Morgan fingerprint density at radius 2 is 1.76 bits per heavy atom. The number of nitrogens with one attached hydrogen (secondary N) is 2. The van der Waals surface area contributed by atoms with Crippen LogP contribution in [0.5, 0.6) is 0 Å². The van der Waals surface area contributed by atoms with Crippen molar-refractivity contribution in [3.8, 4) is 0 Å². The first kappa shape index (κ1) is 18.6. The van der Waals surface area contributed by atoms with Gasteiger partial charge in [0.15, 0.2) is 0 Å². The molecule has 0 aliphatic heterocycles. The molecule has 0 aromatic heterocycles. The molecule has 25 heavy (non-hydrogen) atoms. The second-order valence-electron chi connectivity index (χ2n) is 5.94. The average molecular weight is 346 g/mol. The van der Waals surface area contributed by atoms with E-state index in [1.807, 2.05) is 19.9 Å². The third kappa shape index (κ3) is 4.86. The molecule has 2 aromatic rings. The van der Waals surface area contributed by atoms with Gasteiger partial charge in [0.25, 0.3) is 5.91 Å². The largest absolute Gasteiger partial charge is 0.348 e. The van der Waals surface area contributed by atoms with E-state index in [-0.39, 0.29) is 18.0 Å². The zero-order valence-corrected chi connectivity index (χ0v) is 14.3. The van der Waals surface area contributed by atoms with Crippen LogP contribution in [0.3, 0.4) is 0 Å². The van der Waals surface area contributed by atoms with Crippen molar-refractivity contribution in [3.63, 3.8) is 0 Å². The van der Waals surface area contributed by atoms with Gasteiger partial charge in [0, 0.05) is 17.2 Å². The number of benzene rings is 2. The highest BCUT2D eigenvalue weighted by Crippen LogP contribution is 2.17. The molecule has 1 atom stereocenters. The van der Waals surface area contributed by atoms with E-state index in [9.17, 15) is 18.4 Å². The summed E-state index contributed by atoms with van der Waals surface area (Å²) < 4.78 is 26.6. The third-order valence-electron chi connectivity index (χ3n) is 3.99. The fourth-order valence-corrected chi connectivity index (χ4v) is 2.37. The molecule has 132 valence electrons. The van der Waals surface area contributed by atoms with Crippen LogP contribution in [0.2, 0.25) is 0 Å². The zero-order chi connectivity index (χ0) is 18.6. The number of rotatable bonds is 5. The Morgan fingerprint density at radius 1 is 1.04 bits per heavy atom. The lowest BCUT2D eigenvalue weighted by Crippen LogP contribution is -2.38. The molecular formula is C19H20F2N2O2. The van der Waals surface area contributed by atoms with Crippen LogP contribution in [0.15, 0.2) is 36.4 Å². The van der Waals surface area contributed by atoms with E-state index in [1.165, 1.54) is 6.07 Å². The summed E-state index contributed by atoms with van der Waals surface area (Å²) in [4.78, 5) is 24.0. The topological polar surface area (TPSA) is 58.2 Å². The molecule has 0 saturated carbocycles. The molecule has 0 aliphatic rings.